The van der Waals surface area contributed by atoms with Crippen LogP contribution >= 0.6 is 39.3 Å². The highest BCUT2D eigenvalue weighted by Crippen LogP contribution is 2.47. The van der Waals surface area contributed by atoms with Crippen molar-refractivity contribution in [2.75, 3.05) is 11.1 Å². The van der Waals surface area contributed by atoms with Crippen LogP contribution in [-0.4, -0.2) is 33.6 Å². The summed E-state index contributed by atoms with van der Waals surface area (Å²) >= 11 is 10.9. The van der Waals surface area contributed by atoms with E-state index in [1.165, 1.54) is 0 Å². The van der Waals surface area contributed by atoms with Crippen molar-refractivity contribution in [2.45, 2.75) is 18.3 Å². The zero-order valence-electron chi connectivity index (χ0n) is 14.8. The molecule has 1 fully saturated rings. The monoisotopic (exact) mass is 478 g/mol. The first-order valence-electron chi connectivity index (χ1n) is 8.57. The lowest BCUT2D eigenvalue weighted by Crippen LogP contribution is -2.34. The molecule has 5 nitrogen and oxygen atoms in total. The fourth-order valence-electron chi connectivity index (χ4n) is 3.42. The quantitative estimate of drug-likeness (QED) is 0.620. The summed E-state index contributed by atoms with van der Waals surface area (Å²) < 4.78 is 0.947. The summed E-state index contributed by atoms with van der Waals surface area (Å²) in [5.41, 5.74) is 2.08. The Labute approximate surface area is 179 Å². The van der Waals surface area contributed by atoms with Gasteiger partial charge in [-0.15, -0.1) is 11.8 Å². The molecule has 8 heteroatoms. The van der Waals surface area contributed by atoms with Gasteiger partial charge in [-0.1, -0.05) is 39.7 Å². The number of carbonyl (C=O) groups is 2. The van der Waals surface area contributed by atoms with Crippen LogP contribution in [0, 0.1) is 6.92 Å². The number of fused-ring (bicyclic) bond motifs is 1. The lowest BCUT2D eigenvalue weighted by molar-refractivity contribution is -0.128. The van der Waals surface area contributed by atoms with Gasteiger partial charge in [-0.05, 0) is 48.4 Å². The maximum absolute atomic E-state index is 13.0. The van der Waals surface area contributed by atoms with Gasteiger partial charge in [-0.25, -0.2) is 0 Å². The van der Waals surface area contributed by atoms with Gasteiger partial charge in [0.15, 0.2) is 0 Å². The summed E-state index contributed by atoms with van der Waals surface area (Å²) in [6, 6.07) is 12.3. The first-order valence-corrected chi connectivity index (χ1v) is 10.8. The number of hydrogen-bond acceptors (Lipinski definition) is 4. The molecule has 0 bridgehead atoms. The van der Waals surface area contributed by atoms with E-state index < -0.39 is 17.9 Å². The Hall–Kier alpha value is -1.96. The second-order valence-corrected chi connectivity index (χ2v) is 9.10. The van der Waals surface area contributed by atoms with Gasteiger partial charge in [0.25, 0.3) is 11.8 Å². The van der Waals surface area contributed by atoms with Gasteiger partial charge in [0.2, 0.25) is 0 Å². The lowest BCUT2D eigenvalue weighted by Gasteiger charge is -2.24. The van der Waals surface area contributed by atoms with Gasteiger partial charge < -0.3 is 15.3 Å². The molecule has 0 radical (unpaired) electrons. The third-order valence-corrected chi connectivity index (χ3v) is 6.93. The Bertz CT molecular complexity index is 1010. The second kappa shape index (κ2) is 7.46. The van der Waals surface area contributed by atoms with Gasteiger partial charge in [0.05, 0.1) is 0 Å². The van der Waals surface area contributed by atoms with E-state index in [0.29, 0.717) is 16.5 Å². The van der Waals surface area contributed by atoms with E-state index in [-0.39, 0.29) is 16.7 Å². The number of halogens is 2. The Morgan fingerprint density at radius 3 is 2.68 bits per heavy atom. The fraction of sp³-hybridized carbons (Fsp3) is 0.200. The molecule has 0 saturated carbocycles. The summed E-state index contributed by atoms with van der Waals surface area (Å²) in [5, 5.41) is 13.6. The Morgan fingerprint density at radius 1 is 1.29 bits per heavy atom. The third-order valence-electron chi connectivity index (χ3n) is 4.84. The summed E-state index contributed by atoms with van der Waals surface area (Å²) in [5.74, 6) is -0.692. The predicted molar refractivity (Wildman–Crippen MR) is 114 cm³/mol. The molecule has 1 unspecified atom stereocenters. The largest absolute Gasteiger partial charge is 0.509 e. The minimum absolute atomic E-state index is 0.166. The predicted octanol–water partition coefficient (Wildman–Crippen LogP) is 4.82. The van der Waals surface area contributed by atoms with E-state index in [1.54, 1.807) is 34.9 Å². The molecule has 2 amide bonds. The molecule has 2 N–H and O–H groups in total. The summed E-state index contributed by atoms with van der Waals surface area (Å²) in [6.07, 6.45) is 0. The molecule has 2 aromatic rings. The standard InChI is InChI=1S/C20H16BrClN2O3S/c1-10-8-13(22)6-7-14(10)23-18(26)16-17(25)15-9-28-20(24(15)19(16)27)11-2-4-12(21)5-3-11/h2-8,15,20,25H,9H2,1H3,(H,23,26)/t15?,20-/m0/s1. The van der Waals surface area contributed by atoms with Gasteiger partial charge in [-0.3, -0.25) is 9.59 Å². The molecular weight excluding hydrogens is 464 g/mol. The molecule has 0 spiro atoms. The van der Waals surface area contributed by atoms with Crippen LogP contribution in [0.4, 0.5) is 5.69 Å². The van der Waals surface area contributed by atoms with Gasteiger partial charge in [0, 0.05) is 20.9 Å². The van der Waals surface area contributed by atoms with E-state index in [4.69, 9.17) is 11.6 Å². The van der Waals surface area contributed by atoms with Gasteiger partial charge in [0.1, 0.15) is 22.7 Å². The molecule has 2 aliphatic heterocycles. The lowest BCUT2D eigenvalue weighted by atomic mass is 10.1. The number of rotatable bonds is 3. The van der Waals surface area contributed by atoms with Crippen LogP contribution in [0.15, 0.2) is 58.3 Å². The number of thioether (sulfide) groups is 1. The molecule has 2 atom stereocenters. The third kappa shape index (κ3) is 3.32. The van der Waals surface area contributed by atoms with E-state index in [1.807, 2.05) is 31.2 Å². The number of aryl methyl sites for hydroxylation is 1. The Morgan fingerprint density at radius 2 is 2.00 bits per heavy atom. The molecular formula is C20H16BrClN2O3S. The SMILES string of the molecule is Cc1cc(Cl)ccc1NC(=O)C1=C(O)C2CS[C@@H](c3ccc(Br)cc3)N2C1=O. The van der Waals surface area contributed by atoms with Crippen molar-refractivity contribution >= 4 is 56.8 Å². The smallest absolute Gasteiger partial charge is 0.264 e. The highest BCUT2D eigenvalue weighted by Gasteiger charge is 2.50. The molecule has 2 aliphatic rings. The highest BCUT2D eigenvalue weighted by molar-refractivity contribution is 9.10. The van der Waals surface area contributed by atoms with Crippen molar-refractivity contribution in [2.24, 2.45) is 0 Å². The second-order valence-electron chi connectivity index (χ2n) is 6.64. The van der Waals surface area contributed by atoms with Crippen LogP contribution in [0.3, 0.4) is 0 Å². The van der Waals surface area contributed by atoms with Gasteiger partial charge in [-0.2, -0.15) is 0 Å². The maximum Gasteiger partial charge on any atom is 0.264 e. The number of amides is 2. The Kier molecular flexibility index (Phi) is 5.16. The number of aliphatic hydroxyl groups excluding tert-OH is 1. The minimum atomic E-state index is -0.609. The van der Waals surface area contributed by atoms with Gasteiger partial charge >= 0.3 is 0 Å². The average Bonchev–Trinajstić information content (AvgIpc) is 3.19. The van der Waals surface area contributed by atoms with Crippen molar-refractivity contribution < 1.29 is 14.7 Å². The average molecular weight is 480 g/mol. The normalized spacial score (nSPS) is 21.2. The van der Waals surface area contributed by atoms with E-state index >= 15 is 0 Å². The molecule has 28 heavy (non-hydrogen) atoms. The molecule has 2 heterocycles. The number of carbonyl (C=O) groups excluding carboxylic acids is 2. The Balaban J connectivity index is 1.59. The van der Waals surface area contributed by atoms with E-state index in [0.717, 1.165) is 15.6 Å². The molecule has 0 aliphatic carbocycles. The molecule has 4 rings (SSSR count). The zero-order valence-corrected chi connectivity index (χ0v) is 17.9. The highest BCUT2D eigenvalue weighted by atomic mass is 79.9. The first kappa shape index (κ1) is 19.4. The topological polar surface area (TPSA) is 69.6 Å². The first-order chi connectivity index (χ1) is 13.4. The molecule has 1 saturated heterocycles. The zero-order chi connectivity index (χ0) is 20.0. The van der Waals surface area contributed by atoms with Crippen molar-refractivity contribution in [3.63, 3.8) is 0 Å². The van der Waals surface area contributed by atoms with Crippen LogP contribution in [0.5, 0.6) is 0 Å². The van der Waals surface area contributed by atoms with Crippen molar-refractivity contribution in [1.29, 1.82) is 0 Å². The number of hydrogen-bond donors (Lipinski definition) is 2. The molecule has 2 aromatic carbocycles. The summed E-state index contributed by atoms with van der Waals surface area (Å²) in [4.78, 5) is 27.4. The molecule has 0 aromatic heterocycles. The van der Waals surface area contributed by atoms with Crippen molar-refractivity contribution in [3.8, 4) is 0 Å². The number of nitrogens with zero attached hydrogens (tertiary/aromatic N) is 1. The molecule has 144 valence electrons. The van der Waals surface area contributed by atoms with Crippen LogP contribution in [0.25, 0.3) is 0 Å². The number of nitrogens with one attached hydrogen (secondary N) is 1. The van der Waals surface area contributed by atoms with Crippen molar-refractivity contribution in [3.05, 3.63) is 74.4 Å². The van der Waals surface area contributed by atoms with Crippen LogP contribution in [-0.2, 0) is 9.59 Å². The number of benzene rings is 2. The number of anilines is 1. The van der Waals surface area contributed by atoms with Crippen LogP contribution in [0.1, 0.15) is 16.5 Å². The number of aliphatic hydroxyl groups is 1. The maximum atomic E-state index is 13.0. The fourth-order valence-corrected chi connectivity index (χ4v) is 5.35. The van der Waals surface area contributed by atoms with Crippen molar-refractivity contribution in [1.82, 2.24) is 4.90 Å². The minimum Gasteiger partial charge on any atom is -0.509 e. The van der Waals surface area contributed by atoms with E-state index in [2.05, 4.69) is 21.2 Å². The van der Waals surface area contributed by atoms with E-state index in [9.17, 15) is 14.7 Å². The van der Waals surface area contributed by atoms with Crippen LogP contribution in [0.2, 0.25) is 5.02 Å². The summed E-state index contributed by atoms with van der Waals surface area (Å²) in [7, 11) is 0. The summed E-state index contributed by atoms with van der Waals surface area (Å²) in [6.45, 7) is 1.81. The van der Waals surface area contributed by atoms with Crippen LogP contribution < -0.4 is 5.32 Å².